The molecule has 0 heterocycles. The van der Waals surface area contributed by atoms with Crippen molar-refractivity contribution in [2.24, 2.45) is 0 Å². The molecule has 0 saturated heterocycles. The molecule has 0 saturated carbocycles. The normalized spacial score (nSPS) is 12.4. The van der Waals surface area contributed by atoms with Gasteiger partial charge < -0.3 is 4.18 Å². The van der Waals surface area contributed by atoms with Gasteiger partial charge >= 0.3 is 16.3 Å². The average molecular weight is 344 g/mol. The Morgan fingerprint density at radius 3 is 2.26 bits per heavy atom. The highest BCUT2D eigenvalue weighted by Crippen LogP contribution is 2.35. The quantitative estimate of drug-likeness (QED) is 0.762. The first kappa shape index (κ1) is 17.3. The van der Waals surface area contributed by atoms with Crippen LogP contribution >= 0.6 is 0 Å². The molecule has 0 aliphatic heterocycles. The van der Waals surface area contributed by atoms with Crippen molar-refractivity contribution in [1.29, 1.82) is 0 Å². The fourth-order valence-electron chi connectivity index (χ4n) is 2.02. The lowest BCUT2D eigenvalue weighted by Gasteiger charge is -2.14. The maximum Gasteiger partial charge on any atom is 0.417 e. The molecule has 0 unspecified atom stereocenters. The number of benzene rings is 2. The van der Waals surface area contributed by atoms with Crippen LogP contribution in [0.25, 0.3) is 0 Å². The maximum atomic E-state index is 13.0. The van der Waals surface area contributed by atoms with Crippen LogP contribution in [-0.2, 0) is 16.3 Å². The highest BCUT2D eigenvalue weighted by Gasteiger charge is 2.37. The molecule has 3 nitrogen and oxygen atoms in total. The SMILES string of the molecule is CC(C)c1cccc(OS(=O)(=O)c2ccccc2C(F)(F)F)c1. The summed E-state index contributed by atoms with van der Waals surface area (Å²) in [7, 11) is -4.59. The summed E-state index contributed by atoms with van der Waals surface area (Å²) < 4.78 is 68.2. The summed E-state index contributed by atoms with van der Waals surface area (Å²) in [6, 6.07) is 10.2. The van der Waals surface area contributed by atoms with Crippen LogP contribution in [0.15, 0.2) is 53.4 Å². The van der Waals surface area contributed by atoms with E-state index in [4.69, 9.17) is 4.18 Å². The van der Waals surface area contributed by atoms with Gasteiger partial charge in [-0.1, -0.05) is 38.1 Å². The van der Waals surface area contributed by atoms with E-state index in [1.807, 2.05) is 13.8 Å². The van der Waals surface area contributed by atoms with E-state index in [0.717, 1.165) is 17.7 Å². The summed E-state index contributed by atoms with van der Waals surface area (Å²) in [6.45, 7) is 3.82. The number of halogens is 3. The van der Waals surface area contributed by atoms with E-state index >= 15 is 0 Å². The van der Waals surface area contributed by atoms with Gasteiger partial charge in [-0.05, 0) is 35.7 Å². The van der Waals surface area contributed by atoms with E-state index in [-0.39, 0.29) is 11.7 Å². The van der Waals surface area contributed by atoms with Crippen molar-refractivity contribution in [3.63, 3.8) is 0 Å². The van der Waals surface area contributed by atoms with Crippen molar-refractivity contribution in [3.8, 4) is 5.75 Å². The topological polar surface area (TPSA) is 43.4 Å². The Morgan fingerprint density at radius 2 is 1.65 bits per heavy atom. The highest BCUT2D eigenvalue weighted by molar-refractivity contribution is 7.87. The lowest BCUT2D eigenvalue weighted by Crippen LogP contribution is -2.17. The van der Waals surface area contributed by atoms with Crippen molar-refractivity contribution < 1.29 is 25.8 Å². The minimum Gasteiger partial charge on any atom is -0.379 e. The zero-order chi connectivity index (χ0) is 17.3. The third-order valence-electron chi connectivity index (χ3n) is 3.19. The highest BCUT2D eigenvalue weighted by atomic mass is 32.2. The number of hydrogen-bond acceptors (Lipinski definition) is 3. The number of rotatable bonds is 4. The van der Waals surface area contributed by atoms with E-state index < -0.39 is 26.8 Å². The minimum atomic E-state index is -4.78. The van der Waals surface area contributed by atoms with E-state index in [9.17, 15) is 21.6 Å². The monoisotopic (exact) mass is 344 g/mol. The first-order valence-corrected chi connectivity index (χ1v) is 8.23. The summed E-state index contributed by atoms with van der Waals surface area (Å²) in [5, 5.41) is 0. The van der Waals surface area contributed by atoms with Crippen molar-refractivity contribution in [1.82, 2.24) is 0 Å². The maximum absolute atomic E-state index is 13.0. The second-order valence-electron chi connectivity index (χ2n) is 5.26. The van der Waals surface area contributed by atoms with E-state index in [0.29, 0.717) is 6.07 Å². The molecule has 2 aromatic carbocycles. The molecule has 0 N–H and O–H groups in total. The molecule has 0 atom stereocenters. The first-order valence-electron chi connectivity index (χ1n) is 6.82. The van der Waals surface area contributed by atoms with Crippen LogP contribution in [0.5, 0.6) is 5.75 Å². The summed E-state index contributed by atoms with van der Waals surface area (Å²) in [5.41, 5.74) is -0.429. The van der Waals surface area contributed by atoms with Gasteiger partial charge in [0.05, 0.1) is 5.56 Å². The lowest BCUT2D eigenvalue weighted by atomic mass is 10.0. The van der Waals surface area contributed by atoms with Gasteiger partial charge in [0.25, 0.3) is 0 Å². The van der Waals surface area contributed by atoms with Gasteiger partial charge in [0.2, 0.25) is 0 Å². The van der Waals surface area contributed by atoms with E-state index in [1.54, 1.807) is 12.1 Å². The van der Waals surface area contributed by atoms with Crippen LogP contribution in [0, 0.1) is 0 Å². The van der Waals surface area contributed by atoms with Gasteiger partial charge in [-0.25, -0.2) is 0 Å². The molecule has 0 spiro atoms. The van der Waals surface area contributed by atoms with Crippen LogP contribution in [0.1, 0.15) is 30.9 Å². The fraction of sp³-hybridized carbons (Fsp3) is 0.250. The Labute approximate surface area is 132 Å². The van der Waals surface area contributed by atoms with E-state index in [2.05, 4.69) is 0 Å². The van der Waals surface area contributed by atoms with Crippen molar-refractivity contribution in [2.45, 2.75) is 30.8 Å². The second-order valence-corrected chi connectivity index (χ2v) is 6.77. The molecule has 0 radical (unpaired) electrons. The second kappa shape index (κ2) is 6.23. The Bertz CT molecular complexity index is 796. The molecule has 0 fully saturated rings. The zero-order valence-electron chi connectivity index (χ0n) is 12.5. The molecule has 7 heteroatoms. The van der Waals surface area contributed by atoms with Gasteiger partial charge in [0.15, 0.2) is 0 Å². The van der Waals surface area contributed by atoms with E-state index in [1.165, 1.54) is 18.2 Å². The van der Waals surface area contributed by atoms with Crippen LogP contribution in [0.4, 0.5) is 13.2 Å². The molecule has 124 valence electrons. The molecular formula is C16H15F3O3S. The van der Waals surface area contributed by atoms with Crippen molar-refractivity contribution in [3.05, 3.63) is 59.7 Å². The molecule has 2 rings (SSSR count). The predicted molar refractivity (Wildman–Crippen MR) is 79.8 cm³/mol. The standard InChI is InChI=1S/C16H15F3O3S/c1-11(2)12-6-5-7-13(10-12)22-23(20,21)15-9-4-3-8-14(15)16(17,18)19/h3-11H,1-2H3. The van der Waals surface area contributed by atoms with Gasteiger partial charge in [0, 0.05) is 0 Å². The van der Waals surface area contributed by atoms with Crippen LogP contribution in [0.3, 0.4) is 0 Å². The zero-order valence-corrected chi connectivity index (χ0v) is 13.3. The van der Waals surface area contributed by atoms with Crippen molar-refractivity contribution >= 4 is 10.1 Å². The average Bonchev–Trinajstić information content (AvgIpc) is 2.46. The Kier molecular flexibility index (Phi) is 4.70. The summed E-state index contributed by atoms with van der Waals surface area (Å²) in [4.78, 5) is -0.901. The van der Waals surface area contributed by atoms with Gasteiger partial charge in [-0.15, -0.1) is 0 Å². The number of hydrogen-bond donors (Lipinski definition) is 0. The van der Waals surface area contributed by atoms with Crippen molar-refractivity contribution in [2.75, 3.05) is 0 Å². The third-order valence-corrected chi connectivity index (χ3v) is 4.50. The molecule has 0 aliphatic rings. The predicted octanol–water partition coefficient (Wildman–Crippen LogP) is 4.60. The Morgan fingerprint density at radius 1 is 1.00 bits per heavy atom. The molecule has 0 aromatic heterocycles. The Balaban J connectivity index is 2.43. The molecular weight excluding hydrogens is 329 g/mol. The lowest BCUT2D eigenvalue weighted by molar-refractivity contribution is -0.139. The molecule has 0 amide bonds. The largest absolute Gasteiger partial charge is 0.417 e. The molecule has 23 heavy (non-hydrogen) atoms. The molecule has 2 aromatic rings. The smallest absolute Gasteiger partial charge is 0.379 e. The third kappa shape index (κ3) is 4.04. The number of alkyl halides is 3. The van der Waals surface area contributed by atoms with Gasteiger partial charge in [0.1, 0.15) is 10.6 Å². The van der Waals surface area contributed by atoms with Crippen LogP contribution in [-0.4, -0.2) is 8.42 Å². The van der Waals surface area contributed by atoms with Crippen LogP contribution in [0.2, 0.25) is 0 Å². The Hall–Kier alpha value is -2.02. The fourth-order valence-corrected chi connectivity index (χ4v) is 3.16. The van der Waals surface area contributed by atoms with Gasteiger partial charge in [-0.3, -0.25) is 0 Å². The first-order chi connectivity index (χ1) is 10.6. The summed E-state index contributed by atoms with van der Waals surface area (Å²) in [6.07, 6.45) is -4.78. The molecule has 0 aliphatic carbocycles. The summed E-state index contributed by atoms with van der Waals surface area (Å²) in [5.74, 6) is 0.108. The minimum absolute atomic E-state index is 0.0202. The molecule has 0 bridgehead atoms. The van der Waals surface area contributed by atoms with Gasteiger partial charge in [-0.2, -0.15) is 21.6 Å². The summed E-state index contributed by atoms with van der Waals surface area (Å²) >= 11 is 0. The van der Waals surface area contributed by atoms with Crippen LogP contribution < -0.4 is 4.18 Å².